The summed E-state index contributed by atoms with van der Waals surface area (Å²) in [6, 6.07) is 14.9. The SMILES string of the molecule is Cc1ccc(O)c(N2C(=O)C(=O)/C(=C(\O)c3ccc4c(c3)CCO4)C2c2ccc(O)cc2)c1. The first-order valence-electron chi connectivity index (χ1n) is 10.5. The smallest absolute Gasteiger partial charge is 0.300 e. The maximum Gasteiger partial charge on any atom is 0.300 e. The number of phenols is 2. The van der Waals surface area contributed by atoms with Crippen LogP contribution in [0.25, 0.3) is 5.76 Å². The van der Waals surface area contributed by atoms with E-state index in [4.69, 9.17) is 4.74 Å². The van der Waals surface area contributed by atoms with Gasteiger partial charge in [0.1, 0.15) is 23.0 Å². The number of aromatic hydroxyl groups is 2. The van der Waals surface area contributed by atoms with Gasteiger partial charge in [0.25, 0.3) is 11.7 Å². The number of aliphatic hydroxyl groups excluding tert-OH is 1. The van der Waals surface area contributed by atoms with E-state index in [1.54, 1.807) is 42.5 Å². The van der Waals surface area contributed by atoms with Gasteiger partial charge in [-0.2, -0.15) is 0 Å². The highest BCUT2D eigenvalue weighted by Crippen LogP contribution is 2.45. The van der Waals surface area contributed by atoms with E-state index in [1.807, 2.05) is 6.92 Å². The number of phenolic OH excluding ortho intramolecular Hbond substituents is 2. The summed E-state index contributed by atoms with van der Waals surface area (Å²) in [5.41, 5.74) is 2.66. The Morgan fingerprint density at radius 3 is 2.52 bits per heavy atom. The zero-order valence-electron chi connectivity index (χ0n) is 17.8. The molecule has 3 N–H and O–H groups in total. The molecule has 2 aliphatic rings. The lowest BCUT2D eigenvalue weighted by Crippen LogP contribution is -2.29. The molecule has 0 radical (unpaired) electrons. The second kappa shape index (κ2) is 7.70. The van der Waals surface area contributed by atoms with Crippen molar-refractivity contribution in [3.63, 3.8) is 0 Å². The van der Waals surface area contributed by atoms with Crippen molar-refractivity contribution in [3.8, 4) is 17.2 Å². The highest BCUT2D eigenvalue weighted by Gasteiger charge is 2.47. The molecule has 0 saturated carbocycles. The van der Waals surface area contributed by atoms with Crippen LogP contribution >= 0.6 is 0 Å². The van der Waals surface area contributed by atoms with Gasteiger partial charge in [-0.15, -0.1) is 0 Å². The minimum absolute atomic E-state index is 0.0210. The molecule has 1 saturated heterocycles. The molecule has 0 aliphatic carbocycles. The molecule has 2 aliphatic heterocycles. The molecule has 3 aromatic rings. The van der Waals surface area contributed by atoms with Crippen molar-refractivity contribution in [2.75, 3.05) is 11.5 Å². The van der Waals surface area contributed by atoms with Gasteiger partial charge >= 0.3 is 0 Å². The van der Waals surface area contributed by atoms with Crippen LogP contribution in [-0.2, 0) is 16.0 Å². The summed E-state index contributed by atoms with van der Waals surface area (Å²) < 4.78 is 5.52. The quantitative estimate of drug-likeness (QED) is 0.321. The van der Waals surface area contributed by atoms with Crippen LogP contribution in [0, 0.1) is 6.92 Å². The predicted octanol–water partition coefficient (Wildman–Crippen LogP) is 3.97. The zero-order chi connectivity index (χ0) is 23.3. The number of hydrogen-bond acceptors (Lipinski definition) is 6. The molecule has 3 aromatic carbocycles. The molecule has 7 nitrogen and oxygen atoms in total. The Balaban J connectivity index is 1.73. The number of amides is 1. The van der Waals surface area contributed by atoms with Crippen molar-refractivity contribution in [1.82, 2.24) is 0 Å². The Hall–Kier alpha value is -4.26. The molecule has 1 amide bonds. The fourth-order valence-corrected chi connectivity index (χ4v) is 4.37. The molecule has 5 rings (SSSR count). The normalized spacial score (nSPS) is 18.9. The summed E-state index contributed by atoms with van der Waals surface area (Å²) in [7, 11) is 0. The van der Waals surface area contributed by atoms with Crippen LogP contribution in [0.15, 0.2) is 66.2 Å². The van der Waals surface area contributed by atoms with Gasteiger partial charge in [0.15, 0.2) is 0 Å². The molecule has 33 heavy (non-hydrogen) atoms. The monoisotopic (exact) mass is 443 g/mol. The third-order valence-corrected chi connectivity index (χ3v) is 6.01. The van der Waals surface area contributed by atoms with Gasteiger partial charge in [0.05, 0.1) is 23.9 Å². The number of Topliss-reactive ketones (excluding diaryl/α,β-unsaturated/α-hetero) is 1. The van der Waals surface area contributed by atoms with Crippen LogP contribution in [0.3, 0.4) is 0 Å². The maximum atomic E-state index is 13.2. The highest BCUT2D eigenvalue weighted by molar-refractivity contribution is 6.52. The van der Waals surface area contributed by atoms with Gasteiger partial charge in [-0.25, -0.2) is 0 Å². The number of carbonyl (C=O) groups is 2. The van der Waals surface area contributed by atoms with Crippen LogP contribution in [0.1, 0.15) is 28.3 Å². The molecule has 1 unspecified atom stereocenters. The lowest BCUT2D eigenvalue weighted by Gasteiger charge is -2.26. The maximum absolute atomic E-state index is 13.2. The standard InChI is InChI=1S/C26H21NO6/c1-14-2-8-20(29)19(12-14)27-23(15-3-6-18(28)7-4-15)22(25(31)26(27)32)24(30)17-5-9-21-16(13-17)10-11-33-21/h2-9,12-13,23,28-30H,10-11H2,1H3/b24-22-. The van der Waals surface area contributed by atoms with Crippen molar-refractivity contribution < 1.29 is 29.6 Å². The average Bonchev–Trinajstić information content (AvgIpc) is 3.38. The third-order valence-electron chi connectivity index (χ3n) is 6.01. The number of anilines is 1. The number of ether oxygens (including phenoxy) is 1. The van der Waals surface area contributed by atoms with Crippen molar-refractivity contribution in [2.45, 2.75) is 19.4 Å². The van der Waals surface area contributed by atoms with Gasteiger partial charge < -0.3 is 20.1 Å². The summed E-state index contributed by atoms with van der Waals surface area (Å²) in [6.45, 7) is 2.35. The number of hydrogen-bond donors (Lipinski definition) is 3. The number of nitrogens with zero attached hydrogens (tertiary/aromatic N) is 1. The van der Waals surface area contributed by atoms with Gasteiger partial charge in [-0.1, -0.05) is 18.2 Å². The lowest BCUT2D eigenvalue weighted by molar-refractivity contribution is -0.132. The van der Waals surface area contributed by atoms with Gasteiger partial charge in [-0.05, 0) is 66.1 Å². The molecular formula is C26H21NO6. The second-order valence-electron chi connectivity index (χ2n) is 8.17. The Kier molecular flexibility index (Phi) is 4.82. The van der Waals surface area contributed by atoms with Crippen LogP contribution in [0.2, 0.25) is 0 Å². The van der Waals surface area contributed by atoms with Crippen molar-refractivity contribution in [3.05, 3.63) is 88.5 Å². The van der Waals surface area contributed by atoms with E-state index in [0.717, 1.165) is 16.9 Å². The van der Waals surface area contributed by atoms with Gasteiger partial charge in [-0.3, -0.25) is 14.5 Å². The first-order valence-corrected chi connectivity index (χ1v) is 10.5. The van der Waals surface area contributed by atoms with Crippen molar-refractivity contribution >= 4 is 23.1 Å². The Bertz CT molecular complexity index is 1330. The van der Waals surface area contributed by atoms with Crippen LogP contribution in [0.4, 0.5) is 5.69 Å². The van der Waals surface area contributed by atoms with E-state index < -0.39 is 17.7 Å². The summed E-state index contributed by atoms with van der Waals surface area (Å²) in [4.78, 5) is 27.6. The van der Waals surface area contributed by atoms with E-state index in [1.165, 1.54) is 23.1 Å². The molecule has 1 atom stereocenters. The molecule has 0 spiro atoms. The Labute approximate surface area is 189 Å². The second-order valence-corrected chi connectivity index (χ2v) is 8.17. The minimum Gasteiger partial charge on any atom is -0.508 e. The third kappa shape index (κ3) is 3.38. The largest absolute Gasteiger partial charge is 0.508 e. The van der Waals surface area contributed by atoms with Gasteiger partial charge in [0, 0.05) is 12.0 Å². The summed E-state index contributed by atoms with van der Waals surface area (Å²) in [6.07, 6.45) is 0.684. The number of benzene rings is 3. The number of fused-ring (bicyclic) bond motifs is 1. The van der Waals surface area contributed by atoms with Crippen molar-refractivity contribution in [1.29, 1.82) is 0 Å². The molecule has 2 heterocycles. The van der Waals surface area contributed by atoms with Crippen molar-refractivity contribution in [2.24, 2.45) is 0 Å². The van der Waals surface area contributed by atoms with E-state index in [2.05, 4.69) is 0 Å². The van der Waals surface area contributed by atoms with E-state index in [0.29, 0.717) is 24.2 Å². The summed E-state index contributed by atoms with van der Waals surface area (Å²) in [5, 5.41) is 31.5. The minimum atomic E-state index is -0.997. The topological polar surface area (TPSA) is 107 Å². The number of aryl methyl sites for hydroxylation is 1. The van der Waals surface area contributed by atoms with E-state index in [9.17, 15) is 24.9 Å². The Morgan fingerprint density at radius 1 is 1.00 bits per heavy atom. The van der Waals surface area contributed by atoms with Gasteiger partial charge in [0.2, 0.25) is 0 Å². The lowest BCUT2D eigenvalue weighted by atomic mass is 9.94. The Morgan fingerprint density at radius 2 is 1.76 bits per heavy atom. The van der Waals surface area contributed by atoms with E-state index in [-0.39, 0.29) is 28.5 Å². The first-order chi connectivity index (χ1) is 15.8. The summed E-state index contributed by atoms with van der Waals surface area (Å²) >= 11 is 0. The van der Waals surface area contributed by atoms with Crippen LogP contribution in [0.5, 0.6) is 17.2 Å². The number of ketones is 1. The molecule has 166 valence electrons. The van der Waals surface area contributed by atoms with Crippen LogP contribution in [-0.4, -0.2) is 33.6 Å². The fourth-order valence-electron chi connectivity index (χ4n) is 4.37. The number of aliphatic hydroxyl groups is 1. The summed E-state index contributed by atoms with van der Waals surface area (Å²) in [5.74, 6) is -1.44. The molecule has 7 heteroatoms. The average molecular weight is 443 g/mol. The molecule has 1 fully saturated rings. The van der Waals surface area contributed by atoms with Crippen LogP contribution < -0.4 is 9.64 Å². The predicted molar refractivity (Wildman–Crippen MR) is 121 cm³/mol. The highest BCUT2D eigenvalue weighted by atomic mass is 16.5. The fraction of sp³-hybridized carbons (Fsp3) is 0.154. The first kappa shape index (κ1) is 20.6. The molecule has 0 bridgehead atoms. The molecule has 0 aromatic heterocycles. The van der Waals surface area contributed by atoms with E-state index >= 15 is 0 Å². The molecular weight excluding hydrogens is 422 g/mol. The zero-order valence-corrected chi connectivity index (χ0v) is 17.8. The number of carbonyl (C=O) groups excluding carboxylic acids is 2. The number of rotatable bonds is 3.